The highest BCUT2D eigenvalue weighted by molar-refractivity contribution is 5.71. The highest BCUT2D eigenvalue weighted by atomic mass is 19.1. The van der Waals surface area contributed by atoms with Crippen LogP contribution in [0.2, 0.25) is 0 Å². The maximum atomic E-state index is 15.8. The Labute approximate surface area is 249 Å². The predicted molar refractivity (Wildman–Crippen MR) is 165 cm³/mol. The molecule has 8 nitrogen and oxygen atoms in total. The van der Waals surface area contributed by atoms with Crippen LogP contribution in [-0.4, -0.2) is 38.4 Å². The van der Waals surface area contributed by atoms with Gasteiger partial charge in [0.1, 0.15) is 11.3 Å². The molecule has 0 spiro atoms. The van der Waals surface area contributed by atoms with Crippen molar-refractivity contribution in [2.75, 3.05) is 12.4 Å². The topological polar surface area (TPSA) is 94.1 Å². The summed E-state index contributed by atoms with van der Waals surface area (Å²) in [7, 11) is 1.62. The highest BCUT2D eigenvalue weighted by Gasteiger charge is 2.51. The van der Waals surface area contributed by atoms with Crippen LogP contribution in [0.3, 0.4) is 0 Å². The van der Waals surface area contributed by atoms with E-state index in [1.807, 2.05) is 98.8 Å². The first-order valence-electron chi connectivity index (χ1n) is 14.3. The smallest absolute Gasteiger partial charge is 0.280 e. The molecule has 3 aromatic carbocycles. The van der Waals surface area contributed by atoms with Gasteiger partial charge in [0, 0.05) is 5.92 Å². The van der Waals surface area contributed by atoms with Gasteiger partial charge in [-0.2, -0.15) is 4.98 Å². The zero-order valence-electron chi connectivity index (χ0n) is 24.3. The van der Waals surface area contributed by atoms with Gasteiger partial charge in [-0.1, -0.05) is 92.7 Å². The van der Waals surface area contributed by atoms with Gasteiger partial charge in [0.2, 0.25) is 5.95 Å². The maximum absolute atomic E-state index is 15.8. The molecule has 0 radical (unpaired) electrons. The van der Waals surface area contributed by atoms with Gasteiger partial charge in [-0.3, -0.25) is 14.3 Å². The van der Waals surface area contributed by atoms with E-state index in [-0.39, 0.29) is 17.1 Å². The number of rotatable bonds is 9. The van der Waals surface area contributed by atoms with Crippen LogP contribution >= 0.6 is 0 Å². The van der Waals surface area contributed by atoms with Crippen molar-refractivity contribution in [3.8, 4) is 5.75 Å². The van der Waals surface area contributed by atoms with Gasteiger partial charge >= 0.3 is 0 Å². The van der Waals surface area contributed by atoms with Crippen LogP contribution in [0.15, 0.2) is 109 Å². The van der Waals surface area contributed by atoms with Gasteiger partial charge in [0.25, 0.3) is 5.56 Å². The Balaban J connectivity index is 1.54. The molecule has 0 saturated carbocycles. The minimum Gasteiger partial charge on any atom is -0.497 e. The van der Waals surface area contributed by atoms with E-state index in [0.717, 1.165) is 16.7 Å². The zero-order chi connectivity index (χ0) is 30.2. The van der Waals surface area contributed by atoms with Crippen LogP contribution in [0.5, 0.6) is 5.75 Å². The first kappa shape index (κ1) is 28.4. The maximum Gasteiger partial charge on any atom is 0.280 e. The molecule has 1 fully saturated rings. The van der Waals surface area contributed by atoms with Crippen LogP contribution < -0.4 is 15.6 Å². The van der Waals surface area contributed by atoms with E-state index in [2.05, 4.69) is 21.9 Å². The zero-order valence-corrected chi connectivity index (χ0v) is 24.3. The summed E-state index contributed by atoms with van der Waals surface area (Å²) in [5.41, 5.74) is 0.747. The van der Waals surface area contributed by atoms with Gasteiger partial charge in [0.05, 0.1) is 19.0 Å². The minimum atomic E-state index is -1.36. The monoisotopic (exact) mass is 579 g/mol. The Hall–Kier alpha value is -4.76. The van der Waals surface area contributed by atoms with Crippen molar-refractivity contribution in [1.82, 2.24) is 19.5 Å². The number of nitrogens with one attached hydrogen (secondary N) is 2. The van der Waals surface area contributed by atoms with E-state index in [4.69, 9.17) is 14.5 Å². The van der Waals surface area contributed by atoms with Crippen LogP contribution in [0.1, 0.15) is 43.2 Å². The number of nitrogens with zero attached hydrogens (tertiary/aromatic N) is 3. The van der Waals surface area contributed by atoms with Gasteiger partial charge < -0.3 is 14.8 Å². The van der Waals surface area contributed by atoms with Gasteiger partial charge in [-0.25, -0.2) is 9.37 Å². The molecule has 9 heteroatoms. The molecule has 3 heterocycles. The number of benzene rings is 3. The number of anilines is 1. The summed E-state index contributed by atoms with van der Waals surface area (Å²) in [6.45, 7) is 7.66. The fourth-order valence-electron chi connectivity index (χ4n) is 6.19. The summed E-state index contributed by atoms with van der Waals surface area (Å²) in [6, 6.07) is 27.6. The lowest BCUT2D eigenvalue weighted by Gasteiger charge is -2.37. The van der Waals surface area contributed by atoms with E-state index < -0.39 is 35.0 Å². The second-order valence-electron chi connectivity index (χ2n) is 10.8. The summed E-state index contributed by atoms with van der Waals surface area (Å²) < 4.78 is 29.0. The van der Waals surface area contributed by atoms with Gasteiger partial charge in [-0.05, 0) is 35.2 Å². The lowest BCUT2D eigenvalue weighted by atomic mass is 9.77. The molecule has 220 valence electrons. The number of alkyl halides is 1. The molecule has 0 bridgehead atoms. The first-order chi connectivity index (χ1) is 20.9. The second-order valence-corrected chi connectivity index (χ2v) is 10.8. The Morgan fingerprint density at radius 2 is 1.67 bits per heavy atom. The molecule has 6 rings (SSSR count). The summed E-state index contributed by atoms with van der Waals surface area (Å²) in [5, 5.41) is 3.58. The molecule has 2 N–H and O–H groups in total. The second kappa shape index (κ2) is 11.1. The number of H-pyrrole nitrogens is 1. The summed E-state index contributed by atoms with van der Waals surface area (Å²) in [5.74, 6) is 0.454. The molecule has 43 heavy (non-hydrogen) atoms. The molecule has 1 aliphatic rings. The largest absolute Gasteiger partial charge is 0.497 e. The lowest BCUT2D eigenvalue weighted by molar-refractivity contribution is -0.0602. The van der Waals surface area contributed by atoms with Crippen molar-refractivity contribution >= 4 is 17.1 Å². The standard InChI is InChI=1S/C34H34FN5O3/c1-5-33(6-2)22(3)27(35)31(43-33)40-21-36-28-29(40)37-32(38-30(28)41)39-34(23-13-9-7-10-14-23,24-15-11-8-12-16-24)25-17-19-26(42-4)20-18-25/h5,7-22,27,31H,1,6H2,2-4H3,(H2,37,38,39,41)/t22-,27-,31+,33+/m0/s1. The molecule has 0 unspecified atom stereocenters. The Morgan fingerprint density at radius 1 is 1.07 bits per heavy atom. The van der Waals surface area contributed by atoms with Crippen LogP contribution in [0.25, 0.3) is 11.2 Å². The predicted octanol–water partition coefficient (Wildman–Crippen LogP) is 6.37. The minimum absolute atomic E-state index is 0.0936. The van der Waals surface area contributed by atoms with Crippen molar-refractivity contribution in [2.45, 2.75) is 43.8 Å². The highest BCUT2D eigenvalue weighted by Crippen LogP contribution is 2.46. The molecule has 4 atom stereocenters. The number of imidazole rings is 1. The Kier molecular flexibility index (Phi) is 7.35. The first-order valence-corrected chi connectivity index (χ1v) is 14.3. The van der Waals surface area contributed by atoms with Gasteiger partial charge in [0.15, 0.2) is 23.6 Å². The van der Waals surface area contributed by atoms with Crippen LogP contribution in [-0.2, 0) is 10.3 Å². The average molecular weight is 580 g/mol. The number of fused-ring (bicyclic) bond motifs is 1. The lowest BCUT2D eigenvalue weighted by Crippen LogP contribution is -2.39. The molecule has 0 amide bonds. The summed E-state index contributed by atoms with van der Waals surface area (Å²) in [6.07, 6.45) is 1.26. The number of halogens is 1. The van der Waals surface area contributed by atoms with E-state index in [9.17, 15) is 4.79 Å². The molecule has 1 aliphatic heterocycles. The number of hydrogen-bond donors (Lipinski definition) is 2. The number of ether oxygens (including phenoxy) is 2. The molecule has 5 aromatic rings. The van der Waals surface area contributed by atoms with Crippen LogP contribution in [0, 0.1) is 5.92 Å². The third kappa shape index (κ3) is 4.60. The van der Waals surface area contributed by atoms with Crippen molar-refractivity contribution in [2.24, 2.45) is 5.92 Å². The third-order valence-electron chi connectivity index (χ3n) is 8.71. The van der Waals surface area contributed by atoms with Crippen molar-refractivity contribution in [3.05, 3.63) is 131 Å². The normalized spacial score (nSPS) is 22.0. The quantitative estimate of drug-likeness (QED) is 0.156. The Bertz CT molecular complexity index is 1750. The third-order valence-corrected chi connectivity index (χ3v) is 8.71. The molecular weight excluding hydrogens is 545 g/mol. The van der Waals surface area contributed by atoms with E-state index in [1.54, 1.807) is 13.2 Å². The fourth-order valence-corrected chi connectivity index (χ4v) is 6.19. The number of aromatic amines is 1. The number of hydrogen-bond acceptors (Lipinski definition) is 6. The average Bonchev–Trinajstić information content (AvgIpc) is 3.59. The van der Waals surface area contributed by atoms with Crippen molar-refractivity contribution in [1.29, 1.82) is 0 Å². The van der Waals surface area contributed by atoms with Crippen LogP contribution in [0.4, 0.5) is 10.3 Å². The van der Waals surface area contributed by atoms with E-state index in [1.165, 1.54) is 10.9 Å². The number of methoxy groups -OCH3 is 1. The fraction of sp³-hybridized carbons (Fsp3) is 0.265. The van der Waals surface area contributed by atoms with Crippen molar-refractivity contribution < 1.29 is 13.9 Å². The molecule has 1 saturated heterocycles. The molecule has 0 aliphatic carbocycles. The van der Waals surface area contributed by atoms with E-state index in [0.29, 0.717) is 12.2 Å². The van der Waals surface area contributed by atoms with E-state index >= 15 is 4.39 Å². The molecular formula is C34H34FN5O3. The SMILES string of the molecule is C=C[C@]1(CC)O[C@@H](n2cnc3c(=O)[nH]c(NC(c4ccccc4)(c4ccccc4)c4ccc(OC)cc4)nc32)[C@@H](F)[C@@H]1C. The summed E-state index contributed by atoms with van der Waals surface area (Å²) >= 11 is 0. The van der Waals surface area contributed by atoms with Crippen molar-refractivity contribution in [3.63, 3.8) is 0 Å². The number of aromatic nitrogens is 4. The van der Waals surface area contributed by atoms with Gasteiger partial charge in [-0.15, -0.1) is 6.58 Å². The summed E-state index contributed by atoms with van der Waals surface area (Å²) in [4.78, 5) is 25.4. The molecule has 2 aromatic heterocycles. The Morgan fingerprint density at radius 3 is 2.21 bits per heavy atom.